The topological polar surface area (TPSA) is 37.4 Å². The summed E-state index contributed by atoms with van der Waals surface area (Å²) in [5.74, 6) is 0.927. The van der Waals surface area contributed by atoms with Crippen LogP contribution in [-0.4, -0.2) is 39.2 Å². The maximum atomic E-state index is 10.6. The van der Waals surface area contributed by atoms with Crippen molar-refractivity contribution in [2.45, 2.75) is 25.7 Å². The monoisotopic (exact) mass is 239 g/mol. The Kier molecular flexibility index (Phi) is 4.67. The van der Waals surface area contributed by atoms with Gasteiger partial charge in [0.25, 0.3) is 0 Å². The lowest BCUT2D eigenvalue weighted by Gasteiger charge is -2.30. The van der Waals surface area contributed by atoms with E-state index < -0.39 is 9.05 Å². The molecule has 0 atom stereocenters. The van der Waals surface area contributed by atoms with Crippen LogP contribution in [0.25, 0.3) is 0 Å². The zero-order valence-corrected chi connectivity index (χ0v) is 10.1. The van der Waals surface area contributed by atoms with Crippen molar-refractivity contribution < 1.29 is 8.42 Å². The van der Waals surface area contributed by atoms with Crippen LogP contribution in [0.1, 0.15) is 25.7 Å². The first-order valence-corrected chi connectivity index (χ1v) is 7.56. The molecule has 84 valence electrons. The van der Waals surface area contributed by atoms with Crippen LogP contribution in [0.3, 0.4) is 0 Å². The van der Waals surface area contributed by atoms with E-state index >= 15 is 0 Å². The highest BCUT2D eigenvalue weighted by atomic mass is 35.7. The molecule has 0 unspecified atom stereocenters. The van der Waals surface area contributed by atoms with Crippen LogP contribution in [0.5, 0.6) is 0 Å². The van der Waals surface area contributed by atoms with Crippen LogP contribution in [-0.2, 0) is 9.05 Å². The molecular weight excluding hydrogens is 222 g/mol. The zero-order chi connectivity index (χ0) is 10.6. The van der Waals surface area contributed by atoms with Gasteiger partial charge in [-0.3, -0.25) is 0 Å². The van der Waals surface area contributed by atoms with Crippen LogP contribution in [0.4, 0.5) is 0 Å². The Balaban J connectivity index is 2.05. The molecule has 3 nitrogen and oxygen atoms in total. The number of hydrogen-bond acceptors (Lipinski definition) is 3. The number of rotatable bonds is 6. The summed E-state index contributed by atoms with van der Waals surface area (Å²) in [7, 11) is 3.86. The Labute approximate surface area is 90.8 Å². The Bertz CT molecular complexity index is 262. The molecule has 5 heteroatoms. The van der Waals surface area contributed by atoms with Gasteiger partial charge in [0.1, 0.15) is 0 Å². The second kappa shape index (κ2) is 5.33. The van der Waals surface area contributed by atoms with Crippen LogP contribution in [0, 0.1) is 5.92 Å². The molecule has 0 aliphatic heterocycles. The fourth-order valence-electron chi connectivity index (χ4n) is 1.71. The molecule has 0 heterocycles. The van der Waals surface area contributed by atoms with Crippen molar-refractivity contribution in [2.75, 3.05) is 25.9 Å². The number of halogens is 1. The van der Waals surface area contributed by atoms with Gasteiger partial charge < -0.3 is 4.90 Å². The molecule has 0 saturated heterocycles. The molecule has 0 aromatic rings. The van der Waals surface area contributed by atoms with Crippen molar-refractivity contribution in [1.29, 1.82) is 0 Å². The van der Waals surface area contributed by atoms with Gasteiger partial charge in [0.05, 0.1) is 5.75 Å². The van der Waals surface area contributed by atoms with Gasteiger partial charge in [-0.15, -0.1) is 0 Å². The fourth-order valence-corrected chi connectivity index (χ4v) is 2.52. The first-order chi connectivity index (χ1) is 6.47. The van der Waals surface area contributed by atoms with E-state index in [2.05, 4.69) is 4.90 Å². The molecule has 1 rings (SSSR count). The third kappa shape index (κ3) is 5.17. The molecule has 1 saturated carbocycles. The molecule has 0 bridgehead atoms. The maximum absolute atomic E-state index is 10.6. The SMILES string of the molecule is CN(CCCS(=O)(=O)Cl)CC1CCC1. The molecule has 0 radical (unpaired) electrons. The summed E-state index contributed by atoms with van der Waals surface area (Å²) in [6.45, 7) is 1.92. The van der Waals surface area contributed by atoms with E-state index in [1.165, 1.54) is 19.3 Å². The molecule has 0 aromatic heterocycles. The third-order valence-corrected chi connectivity index (χ3v) is 3.96. The summed E-state index contributed by atoms with van der Waals surface area (Å²) in [6.07, 6.45) is 4.65. The largest absolute Gasteiger partial charge is 0.306 e. The average molecular weight is 240 g/mol. The second-order valence-corrected chi connectivity index (χ2v) is 7.05. The molecular formula is C9H18ClNO2S. The minimum atomic E-state index is -3.29. The Hall–Kier alpha value is 0.200. The van der Waals surface area contributed by atoms with Crippen LogP contribution in [0.2, 0.25) is 0 Å². The molecule has 0 amide bonds. The summed E-state index contributed by atoms with van der Waals surface area (Å²) in [4.78, 5) is 2.20. The summed E-state index contributed by atoms with van der Waals surface area (Å²) in [5.41, 5.74) is 0. The summed E-state index contributed by atoms with van der Waals surface area (Å²) < 4.78 is 21.3. The predicted molar refractivity (Wildman–Crippen MR) is 59.1 cm³/mol. The van der Waals surface area contributed by atoms with Crippen molar-refractivity contribution in [1.82, 2.24) is 4.90 Å². The van der Waals surface area contributed by atoms with E-state index in [1.807, 2.05) is 7.05 Å². The minimum absolute atomic E-state index is 0.0869. The highest BCUT2D eigenvalue weighted by Crippen LogP contribution is 2.26. The number of nitrogens with zero attached hydrogens (tertiary/aromatic N) is 1. The predicted octanol–water partition coefficient (Wildman–Crippen LogP) is 1.68. The maximum Gasteiger partial charge on any atom is 0.232 e. The lowest BCUT2D eigenvalue weighted by Crippen LogP contribution is -2.30. The molecule has 0 N–H and O–H groups in total. The fraction of sp³-hybridized carbons (Fsp3) is 1.00. The number of hydrogen-bond donors (Lipinski definition) is 0. The van der Waals surface area contributed by atoms with E-state index in [9.17, 15) is 8.42 Å². The van der Waals surface area contributed by atoms with Crippen molar-refractivity contribution in [3.05, 3.63) is 0 Å². The average Bonchev–Trinajstić information content (AvgIpc) is 1.94. The third-order valence-electron chi connectivity index (χ3n) is 2.72. The van der Waals surface area contributed by atoms with E-state index in [1.54, 1.807) is 0 Å². The first-order valence-electron chi connectivity index (χ1n) is 5.08. The molecule has 1 fully saturated rings. The van der Waals surface area contributed by atoms with Crippen LogP contribution >= 0.6 is 10.7 Å². The molecule has 1 aliphatic carbocycles. The molecule has 14 heavy (non-hydrogen) atoms. The normalized spacial score (nSPS) is 18.5. The van der Waals surface area contributed by atoms with E-state index in [-0.39, 0.29) is 5.75 Å². The Morgan fingerprint density at radius 3 is 2.50 bits per heavy atom. The summed E-state index contributed by atoms with van der Waals surface area (Å²) in [6, 6.07) is 0. The van der Waals surface area contributed by atoms with Gasteiger partial charge in [-0.25, -0.2) is 8.42 Å². The Morgan fingerprint density at radius 1 is 1.43 bits per heavy atom. The smallest absolute Gasteiger partial charge is 0.232 e. The zero-order valence-electron chi connectivity index (χ0n) is 8.58. The van der Waals surface area contributed by atoms with Crippen molar-refractivity contribution in [3.63, 3.8) is 0 Å². The molecule has 0 spiro atoms. The summed E-state index contributed by atoms with van der Waals surface area (Å²) >= 11 is 0. The molecule has 1 aliphatic rings. The van der Waals surface area contributed by atoms with E-state index in [0.717, 1.165) is 19.0 Å². The molecule has 0 aromatic carbocycles. The van der Waals surface area contributed by atoms with Gasteiger partial charge in [0.2, 0.25) is 9.05 Å². The lowest BCUT2D eigenvalue weighted by atomic mass is 9.85. The highest BCUT2D eigenvalue weighted by molar-refractivity contribution is 8.13. The van der Waals surface area contributed by atoms with Crippen molar-refractivity contribution in [2.24, 2.45) is 5.92 Å². The second-order valence-electron chi connectivity index (χ2n) is 4.16. The first kappa shape index (κ1) is 12.3. The van der Waals surface area contributed by atoms with Gasteiger partial charge in [-0.05, 0) is 38.8 Å². The van der Waals surface area contributed by atoms with E-state index in [0.29, 0.717) is 6.42 Å². The van der Waals surface area contributed by atoms with E-state index in [4.69, 9.17) is 10.7 Å². The highest BCUT2D eigenvalue weighted by Gasteiger charge is 2.18. The van der Waals surface area contributed by atoms with Crippen molar-refractivity contribution >= 4 is 19.7 Å². The van der Waals surface area contributed by atoms with Crippen molar-refractivity contribution in [3.8, 4) is 0 Å². The Morgan fingerprint density at radius 2 is 2.07 bits per heavy atom. The van der Waals surface area contributed by atoms with Crippen LogP contribution < -0.4 is 0 Å². The summed E-state index contributed by atoms with van der Waals surface area (Å²) in [5, 5.41) is 0. The van der Waals surface area contributed by atoms with Gasteiger partial charge in [-0.2, -0.15) is 0 Å². The van der Waals surface area contributed by atoms with Gasteiger partial charge in [-0.1, -0.05) is 6.42 Å². The van der Waals surface area contributed by atoms with Gasteiger partial charge >= 0.3 is 0 Å². The van der Waals surface area contributed by atoms with Crippen LogP contribution in [0.15, 0.2) is 0 Å². The lowest BCUT2D eigenvalue weighted by molar-refractivity contribution is 0.206. The quantitative estimate of drug-likeness (QED) is 0.662. The standard InChI is InChI=1S/C9H18ClNO2S/c1-11(8-9-4-2-5-9)6-3-7-14(10,12)13/h9H,2-8H2,1H3. The van der Waals surface area contributed by atoms with Gasteiger partial charge in [0, 0.05) is 17.2 Å². The van der Waals surface area contributed by atoms with Gasteiger partial charge in [0.15, 0.2) is 0 Å². The minimum Gasteiger partial charge on any atom is -0.306 e.